The summed E-state index contributed by atoms with van der Waals surface area (Å²) in [6, 6.07) is 9.84. The van der Waals surface area contributed by atoms with Gasteiger partial charge in [0.25, 0.3) is 0 Å². The Labute approximate surface area is 90.5 Å². The summed E-state index contributed by atoms with van der Waals surface area (Å²) in [4.78, 5) is 13.1. The Morgan fingerprint density at radius 3 is 2.60 bits per heavy atom. The highest BCUT2D eigenvalue weighted by Gasteiger charge is 2.06. The Morgan fingerprint density at radius 1 is 1.40 bits per heavy atom. The van der Waals surface area contributed by atoms with E-state index in [0.717, 1.165) is 5.56 Å². The summed E-state index contributed by atoms with van der Waals surface area (Å²) in [5, 5.41) is 0. The molecule has 0 bridgehead atoms. The molecule has 0 saturated heterocycles. The van der Waals surface area contributed by atoms with Gasteiger partial charge in [-0.1, -0.05) is 43.0 Å². The van der Waals surface area contributed by atoms with Crippen molar-refractivity contribution in [2.45, 2.75) is 13.5 Å². The van der Waals surface area contributed by atoms with E-state index in [0.29, 0.717) is 6.54 Å². The SMILES string of the molecule is C=CN(Cc1ccccc1)C(=O)/C=C/C. The van der Waals surface area contributed by atoms with Crippen LogP contribution < -0.4 is 0 Å². The van der Waals surface area contributed by atoms with Crippen molar-refractivity contribution in [1.82, 2.24) is 4.90 Å². The molecule has 0 unspecified atom stereocenters. The molecule has 0 heterocycles. The van der Waals surface area contributed by atoms with Gasteiger partial charge in [-0.05, 0) is 18.6 Å². The van der Waals surface area contributed by atoms with Crippen molar-refractivity contribution in [1.29, 1.82) is 0 Å². The molecule has 0 atom stereocenters. The van der Waals surface area contributed by atoms with E-state index in [1.54, 1.807) is 17.2 Å². The van der Waals surface area contributed by atoms with Gasteiger partial charge < -0.3 is 4.90 Å². The minimum absolute atomic E-state index is 0.0450. The quantitative estimate of drug-likeness (QED) is 0.686. The van der Waals surface area contributed by atoms with Crippen LogP contribution >= 0.6 is 0 Å². The Morgan fingerprint density at radius 2 is 2.07 bits per heavy atom. The van der Waals surface area contributed by atoms with Crippen LogP contribution in [0, 0.1) is 0 Å². The minimum Gasteiger partial charge on any atom is -0.312 e. The first-order valence-electron chi connectivity index (χ1n) is 4.87. The smallest absolute Gasteiger partial charge is 0.250 e. The van der Waals surface area contributed by atoms with Crippen molar-refractivity contribution in [2.24, 2.45) is 0 Å². The molecule has 0 radical (unpaired) electrons. The Bertz CT molecular complexity index is 354. The molecule has 1 aromatic carbocycles. The van der Waals surface area contributed by atoms with Crippen molar-refractivity contribution in [2.75, 3.05) is 0 Å². The number of hydrogen-bond donors (Lipinski definition) is 0. The number of carbonyl (C=O) groups is 1. The molecule has 0 aliphatic heterocycles. The molecule has 1 rings (SSSR count). The number of nitrogens with zero attached hydrogens (tertiary/aromatic N) is 1. The molecule has 0 aromatic heterocycles. The van der Waals surface area contributed by atoms with Gasteiger partial charge >= 0.3 is 0 Å². The van der Waals surface area contributed by atoms with Crippen LogP contribution in [0.25, 0.3) is 0 Å². The molecule has 0 saturated carbocycles. The van der Waals surface area contributed by atoms with Crippen LogP contribution in [0.15, 0.2) is 55.3 Å². The van der Waals surface area contributed by atoms with Gasteiger partial charge in [0.15, 0.2) is 0 Å². The fourth-order valence-corrected chi connectivity index (χ4v) is 1.25. The van der Waals surface area contributed by atoms with Crippen molar-refractivity contribution in [3.63, 3.8) is 0 Å². The summed E-state index contributed by atoms with van der Waals surface area (Å²) in [6.07, 6.45) is 4.81. The second-order valence-electron chi connectivity index (χ2n) is 3.13. The van der Waals surface area contributed by atoms with E-state index in [4.69, 9.17) is 0 Å². The van der Waals surface area contributed by atoms with Crippen molar-refractivity contribution < 1.29 is 4.79 Å². The van der Waals surface area contributed by atoms with E-state index in [1.165, 1.54) is 6.08 Å². The minimum atomic E-state index is -0.0450. The maximum Gasteiger partial charge on any atom is 0.250 e. The largest absolute Gasteiger partial charge is 0.312 e. The molecule has 78 valence electrons. The lowest BCUT2D eigenvalue weighted by Crippen LogP contribution is -2.22. The number of allylic oxidation sites excluding steroid dienone is 1. The van der Waals surface area contributed by atoms with E-state index < -0.39 is 0 Å². The zero-order valence-corrected chi connectivity index (χ0v) is 8.89. The van der Waals surface area contributed by atoms with Gasteiger partial charge in [0.05, 0.1) is 6.54 Å². The maximum atomic E-state index is 11.5. The maximum absolute atomic E-state index is 11.5. The number of hydrogen-bond acceptors (Lipinski definition) is 1. The molecule has 0 N–H and O–H groups in total. The van der Waals surface area contributed by atoms with Crippen molar-refractivity contribution in [3.05, 3.63) is 60.8 Å². The topological polar surface area (TPSA) is 20.3 Å². The summed E-state index contributed by atoms with van der Waals surface area (Å²) >= 11 is 0. The Balaban J connectivity index is 2.70. The normalized spacial score (nSPS) is 10.2. The fourth-order valence-electron chi connectivity index (χ4n) is 1.25. The summed E-state index contributed by atoms with van der Waals surface area (Å²) in [5.74, 6) is -0.0450. The molecular formula is C13H15NO. The summed E-state index contributed by atoms with van der Waals surface area (Å²) < 4.78 is 0. The molecular weight excluding hydrogens is 186 g/mol. The standard InChI is InChI=1S/C13H15NO/c1-3-8-13(15)14(4-2)11-12-9-6-5-7-10-12/h3-10H,2,11H2,1H3/b8-3+. The molecule has 15 heavy (non-hydrogen) atoms. The lowest BCUT2D eigenvalue weighted by atomic mass is 10.2. The zero-order valence-electron chi connectivity index (χ0n) is 8.89. The first-order valence-corrected chi connectivity index (χ1v) is 4.87. The number of carbonyl (C=O) groups excluding carboxylic acids is 1. The number of amides is 1. The van der Waals surface area contributed by atoms with Crippen LogP contribution in [0.2, 0.25) is 0 Å². The van der Waals surface area contributed by atoms with Crippen LogP contribution in [0.3, 0.4) is 0 Å². The molecule has 2 nitrogen and oxygen atoms in total. The second-order valence-corrected chi connectivity index (χ2v) is 3.13. The Hall–Kier alpha value is -1.83. The summed E-state index contributed by atoms with van der Waals surface area (Å²) in [7, 11) is 0. The predicted molar refractivity (Wildman–Crippen MR) is 62.0 cm³/mol. The third kappa shape index (κ3) is 3.43. The summed E-state index contributed by atoms with van der Waals surface area (Å²) in [6.45, 7) is 6.02. The lowest BCUT2D eigenvalue weighted by molar-refractivity contribution is -0.124. The monoisotopic (exact) mass is 201 g/mol. The molecule has 0 aliphatic rings. The van der Waals surface area contributed by atoms with Crippen LogP contribution in [0.5, 0.6) is 0 Å². The molecule has 2 heteroatoms. The van der Waals surface area contributed by atoms with Gasteiger partial charge in [-0.3, -0.25) is 4.79 Å². The van der Waals surface area contributed by atoms with Crippen LogP contribution in [0.1, 0.15) is 12.5 Å². The number of rotatable bonds is 4. The van der Waals surface area contributed by atoms with Crippen molar-refractivity contribution in [3.8, 4) is 0 Å². The van der Waals surface area contributed by atoms with Crippen LogP contribution in [-0.4, -0.2) is 10.8 Å². The molecule has 0 spiro atoms. The van der Waals surface area contributed by atoms with E-state index in [1.807, 2.05) is 37.3 Å². The molecule has 0 aliphatic carbocycles. The first kappa shape index (κ1) is 11.2. The van der Waals surface area contributed by atoms with E-state index in [2.05, 4.69) is 6.58 Å². The summed E-state index contributed by atoms with van der Waals surface area (Å²) in [5.41, 5.74) is 1.09. The van der Waals surface area contributed by atoms with Crippen molar-refractivity contribution >= 4 is 5.91 Å². The van der Waals surface area contributed by atoms with Gasteiger partial charge in [-0.2, -0.15) is 0 Å². The molecule has 1 aromatic rings. The highest BCUT2D eigenvalue weighted by molar-refractivity contribution is 5.88. The average molecular weight is 201 g/mol. The highest BCUT2D eigenvalue weighted by atomic mass is 16.2. The first-order chi connectivity index (χ1) is 7.27. The Kier molecular flexibility index (Phi) is 4.35. The van der Waals surface area contributed by atoms with Gasteiger partial charge in [-0.25, -0.2) is 0 Å². The van der Waals surface area contributed by atoms with E-state index in [-0.39, 0.29) is 5.91 Å². The van der Waals surface area contributed by atoms with Gasteiger partial charge in [0.2, 0.25) is 5.91 Å². The van der Waals surface area contributed by atoms with E-state index in [9.17, 15) is 4.79 Å². The highest BCUT2D eigenvalue weighted by Crippen LogP contribution is 2.05. The third-order valence-electron chi connectivity index (χ3n) is 2.01. The second kappa shape index (κ2) is 5.81. The fraction of sp³-hybridized carbons (Fsp3) is 0.154. The van der Waals surface area contributed by atoms with Crippen LogP contribution in [0.4, 0.5) is 0 Å². The number of benzene rings is 1. The van der Waals surface area contributed by atoms with Crippen LogP contribution in [-0.2, 0) is 11.3 Å². The molecule has 0 fully saturated rings. The van der Waals surface area contributed by atoms with Gasteiger partial charge in [0.1, 0.15) is 0 Å². The zero-order chi connectivity index (χ0) is 11.1. The molecule has 1 amide bonds. The average Bonchev–Trinajstić information content (AvgIpc) is 2.27. The van der Waals surface area contributed by atoms with Gasteiger partial charge in [0, 0.05) is 6.20 Å². The predicted octanol–water partition coefficient (Wildman–Crippen LogP) is 2.73. The third-order valence-corrected chi connectivity index (χ3v) is 2.01. The lowest BCUT2D eigenvalue weighted by Gasteiger charge is -2.15. The van der Waals surface area contributed by atoms with E-state index >= 15 is 0 Å². The van der Waals surface area contributed by atoms with Gasteiger partial charge in [-0.15, -0.1) is 0 Å².